The monoisotopic (exact) mass is 210 g/mol. The average Bonchev–Trinajstić information content (AvgIpc) is 2.26. The van der Waals surface area contributed by atoms with Crippen LogP contribution in [0.4, 0.5) is 0 Å². The summed E-state index contributed by atoms with van der Waals surface area (Å²) in [7, 11) is 1.43. The number of ether oxygens (including phenoxy) is 1. The smallest absolute Gasteiger partial charge is 0.252 e. The Morgan fingerprint density at radius 1 is 1.60 bits per heavy atom. The van der Waals surface area contributed by atoms with Gasteiger partial charge in [-0.3, -0.25) is 4.79 Å². The van der Waals surface area contributed by atoms with Crippen LogP contribution in [0.2, 0.25) is 0 Å². The number of benzene rings is 1. The lowest BCUT2D eigenvalue weighted by Gasteiger charge is -2.11. The second kappa shape index (κ2) is 4.77. The number of carbonyl (C=O) groups is 1. The molecule has 5 heteroatoms. The number of primary amides is 1. The van der Waals surface area contributed by atoms with Crippen molar-refractivity contribution in [1.29, 1.82) is 0 Å². The molecule has 1 rings (SSSR count). The van der Waals surface area contributed by atoms with Gasteiger partial charge in [-0.25, -0.2) is 0 Å². The van der Waals surface area contributed by atoms with E-state index in [4.69, 9.17) is 16.2 Å². The van der Waals surface area contributed by atoms with Crippen LogP contribution in [-0.2, 0) is 0 Å². The summed E-state index contributed by atoms with van der Waals surface area (Å²) in [5.41, 5.74) is 11.3. The summed E-state index contributed by atoms with van der Waals surface area (Å²) in [4.78, 5) is 11.0. The lowest BCUT2D eigenvalue weighted by atomic mass is 10.1. The molecule has 0 aliphatic carbocycles. The fourth-order valence-corrected chi connectivity index (χ4v) is 1.25. The molecular weight excluding hydrogens is 196 g/mol. The van der Waals surface area contributed by atoms with Crippen molar-refractivity contribution in [2.45, 2.75) is 6.10 Å². The van der Waals surface area contributed by atoms with Crippen molar-refractivity contribution in [3.63, 3.8) is 0 Å². The van der Waals surface area contributed by atoms with Gasteiger partial charge in [-0.2, -0.15) is 0 Å². The zero-order valence-electron chi connectivity index (χ0n) is 8.43. The van der Waals surface area contributed by atoms with Gasteiger partial charge < -0.3 is 21.3 Å². The molecular formula is C10H14N2O3. The molecule has 5 N–H and O–H groups in total. The van der Waals surface area contributed by atoms with Crippen molar-refractivity contribution in [3.8, 4) is 5.75 Å². The third kappa shape index (κ3) is 2.45. The van der Waals surface area contributed by atoms with Gasteiger partial charge in [0.2, 0.25) is 0 Å². The fourth-order valence-electron chi connectivity index (χ4n) is 1.25. The number of carbonyl (C=O) groups excluding carboxylic acids is 1. The number of rotatable bonds is 4. The molecule has 0 aromatic heterocycles. The molecule has 1 aromatic carbocycles. The maximum Gasteiger partial charge on any atom is 0.252 e. The highest BCUT2D eigenvalue weighted by atomic mass is 16.5. The largest absolute Gasteiger partial charge is 0.496 e. The van der Waals surface area contributed by atoms with Crippen LogP contribution >= 0.6 is 0 Å². The summed E-state index contributed by atoms with van der Waals surface area (Å²) in [5.74, 6) is -0.229. The molecule has 82 valence electrons. The van der Waals surface area contributed by atoms with Gasteiger partial charge in [0.05, 0.1) is 18.8 Å². The lowest BCUT2D eigenvalue weighted by molar-refractivity contribution is 0.0997. The van der Waals surface area contributed by atoms with Crippen LogP contribution in [-0.4, -0.2) is 24.7 Å². The summed E-state index contributed by atoms with van der Waals surface area (Å²) in [6.45, 7) is 0.110. The van der Waals surface area contributed by atoms with Gasteiger partial charge in [0.25, 0.3) is 5.91 Å². The number of nitrogens with two attached hydrogens (primary N) is 2. The summed E-state index contributed by atoms with van der Waals surface area (Å²) < 4.78 is 4.99. The van der Waals surface area contributed by atoms with Gasteiger partial charge in [0.1, 0.15) is 5.75 Å². The topological polar surface area (TPSA) is 98.6 Å². The minimum atomic E-state index is -0.763. The Balaban J connectivity index is 3.13. The van der Waals surface area contributed by atoms with E-state index >= 15 is 0 Å². The van der Waals surface area contributed by atoms with Gasteiger partial charge in [-0.15, -0.1) is 0 Å². The van der Waals surface area contributed by atoms with Gasteiger partial charge in [-0.1, -0.05) is 6.07 Å². The molecule has 0 aliphatic heterocycles. The molecule has 0 spiro atoms. The highest BCUT2D eigenvalue weighted by Gasteiger charge is 2.12. The Bertz CT molecular complexity index is 366. The van der Waals surface area contributed by atoms with Crippen LogP contribution in [0.25, 0.3) is 0 Å². The van der Waals surface area contributed by atoms with Gasteiger partial charge >= 0.3 is 0 Å². The van der Waals surface area contributed by atoms with Crippen LogP contribution in [0.15, 0.2) is 18.2 Å². The van der Waals surface area contributed by atoms with E-state index in [-0.39, 0.29) is 12.1 Å². The van der Waals surface area contributed by atoms with Crippen LogP contribution in [0.1, 0.15) is 22.0 Å². The van der Waals surface area contributed by atoms with E-state index in [2.05, 4.69) is 0 Å². The van der Waals surface area contributed by atoms with E-state index in [9.17, 15) is 9.90 Å². The van der Waals surface area contributed by atoms with E-state index in [1.54, 1.807) is 12.1 Å². The quantitative estimate of drug-likeness (QED) is 0.640. The first-order valence-electron chi connectivity index (χ1n) is 4.46. The zero-order valence-corrected chi connectivity index (χ0v) is 8.43. The Labute approximate surface area is 87.6 Å². The van der Waals surface area contributed by atoms with Crippen molar-refractivity contribution in [2.75, 3.05) is 13.7 Å². The number of aliphatic hydroxyl groups excluding tert-OH is 1. The third-order valence-electron chi connectivity index (χ3n) is 2.10. The molecule has 0 radical (unpaired) electrons. The van der Waals surface area contributed by atoms with Crippen LogP contribution < -0.4 is 16.2 Å². The highest BCUT2D eigenvalue weighted by molar-refractivity contribution is 5.95. The second-order valence-corrected chi connectivity index (χ2v) is 3.08. The number of hydrogen-bond acceptors (Lipinski definition) is 4. The minimum Gasteiger partial charge on any atom is -0.496 e. The van der Waals surface area contributed by atoms with Gasteiger partial charge in [-0.05, 0) is 17.7 Å². The van der Waals surface area contributed by atoms with Crippen molar-refractivity contribution in [3.05, 3.63) is 29.3 Å². The van der Waals surface area contributed by atoms with Crippen molar-refractivity contribution >= 4 is 5.91 Å². The van der Waals surface area contributed by atoms with E-state index in [1.165, 1.54) is 13.2 Å². The molecule has 1 aromatic rings. The molecule has 1 atom stereocenters. The van der Waals surface area contributed by atoms with E-state index in [0.717, 1.165) is 0 Å². The number of methoxy groups -OCH3 is 1. The highest BCUT2D eigenvalue weighted by Crippen LogP contribution is 2.23. The summed E-state index contributed by atoms with van der Waals surface area (Å²) in [6, 6.07) is 4.66. The number of aliphatic hydroxyl groups is 1. The van der Waals surface area contributed by atoms with Crippen molar-refractivity contribution in [2.24, 2.45) is 11.5 Å². The molecule has 15 heavy (non-hydrogen) atoms. The Kier molecular flexibility index (Phi) is 3.65. The maximum absolute atomic E-state index is 11.0. The van der Waals surface area contributed by atoms with Crippen LogP contribution in [0, 0.1) is 0 Å². The van der Waals surface area contributed by atoms with Crippen LogP contribution in [0.5, 0.6) is 5.75 Å². The molecule has 0 saturated heterocycles. The SMILES string of the molecule is COc1cc(C(O)CN)ccc1C(N)=O. The minimum absolute atomic E-state index is 0.110. The predicted octanol–water partition coefficient (Wildman–Crippen LogP) is -0.214. The zero-order chi connectivity index (χ0) is 11.4. The number of hydrogen-bond donors (Lipinski definition) is 3. The van der Waals surface area contributed by atoms with Crippen molar-refractivity contribution < 1.29 is 14.6 Å². The molecule has 1 unspecified atom stereocenters. The fraction of sp³-hybridized carbons (Fsp3) is 0.300. The Morgan fingerprint density at radius 2 is 2.27 bits per heavy atom. The van der Waals surface area contributed by atoms with Crippen LogP contribution in [0.3, 0.4) is 0 Å². The first-order valence-corrected chi connectivity index (χ1v) is 4.46. The summed E-state index contributed by atoms with van der Waals surface area (Å²) in [6.07, 6.45) is -0.763. The first kappa shape index (κ1) is 11.5. The first-order chi connectivity index (χ1) is 7.10. The molecule has 0 fully saturated rings. The lowest BCUT2D eigenvalue weighted by Crippen LogP contribution is -2.15. The summed E-state index contributed by atoms with van der Waals surface area (Å²) in [5, 5.41) is 9.48. The Hall–Kier alpha value is -1.59. The standard InChI is InChI=1S/C10H14N2O3/c1-15-9-4-6(8(13)5-11)2-3-7(9)10(12)14/h2-4,8,13H,5,11H2,1H3,(H2,12,14). The Morgan fingerprint density at radius 3 is 2.73 bits per heavy atom. The molecule has 0 aliphatic rings. The molecule has 1 amide bonds. The number of amides is 1. The van der Waals surface area contributed by atoms with E-state index in [0.29, 0.717) is 11.3 Å². The maximum atomic E-state index is 11.0. The second-order valence-electron chi connectivity index (χ2n) is 3.08. The van der Waals surface area contributed by atoms with Crippen molar-refractivity contribution in [1.82, 2.24) is 0 Å². The normalized spacial score (nSPS) is 12.2. The molecule has 5 nitrogen and oxygen atoms in total. The third-order valence-corrected chi connectivity index (χ3v) is 2.10. The van der Waals surface area contributed by atoms with E-state index in [1.807, 2.05) is 0 Å². The predicted molar refractivity (Wildman–Crippen MR) is 55.5 cm³/mol. The average molecular weight is 210 g/mol. The summed E-state index contributed by atoms with van der Waals surface area (Å²) >= 11 is 0. The van der Waals surface area contributed by atoms with Gasteiger partial charge in [0, 0.05) is 6.54 Å². The molecule has 0 bridgehead atoms. The van der Waals surface area contributed by atoms with E-state index < -0.39 is 12.0 Å². The molecule has 0 saturated carbocycles. The van der Waals surface area contributed by atoms with Gasteiger partial charge in [0.15, 0.2) is 0 Å². The molecule has 0 heterocycles.